The minimum Gasteiger partial charge on any atom is -0.387 e. The second kappa shape index (κ2) is 14.1. The molecule has 0 aliphatic rings. The van der Waals surface area contributed by atoms with Crippen LogP contribution in [0.3, 0.4) is 0 Å². The molecular weight excluding hydrogens is 310 g/mol. The molecule has 0 aliphatic heterocycles. The molecule has 0 bridgehead atoms. The molecule has 0 spiro atoms. The van der Waals surface area contributed by atoms with Crippen LogP contribution in [0.25, 0.3) is 0 Å². The highest BCUT2D eigenvalue weighted by molar-refractivity contribution is 5.73. The van der Waals surface area contributed by atoms with Crippen molar-refractivity contribution in [3.63, 3.8) is 0 Å². The van der Waals surface area contributed by atoms with E-state index in [1.54, 1.807) is 6.08 Å². The van der Waals surface area contributed by atoms with E-state index in [1.807, 2.05) is 25.2 Å². The summed E-state index contributed by atoms with van der Waals surface area (Å²) < 4.78 is 0. The Hall–Kier alpha value is -2.23. The fourth-order valence-corrected chi connectivity index (χ4v) is 2.24. The first kappa shape index (κ1) is 22.8. The van der Waals surface area contributed by atoms with E-state index in [4.69, 9.17) is 5.73 Å². The van der Waals surface area contributed by atoms with Crippen LogP contribution in [-0.2, 0) is 4.79 Å². The SMILES string of the molecule is C=C/C=C\C=C/CCC(C)C(=C)NCC(=C)NCCC(C)CC(N)=O. The second-order valence-electron chi connectivity index (χ2n) is 6.50. The fraction of sp³-hybridized carbons (Fsp3) is 0.476. The Morgan fingerprint density at radius 2 is 1.84 bits per heavy atom. The zero-order valence-electron chi connectivity index (χ0n) is 15.9. The van der Waals surface area contributed by atoms with E-state index in [1.165, 1.54) is 0 Å². The van der Waals surface area contributed by atoms with Gasteiger partial charge in [-0.15, -0.1) is 0 Å². The predicted octanol–water partition coefficient (Wildman–Crippen LogP) is 3.81. The molecule has 0 aliphatic carbocycles. The Labute approximate surface area is 153 Å². The average Bonchev–Trinajstić information content (AvgIpc) is 2.54. The lowest BCUT2D eigenvalue weighted by Crippen LogP contribution is -2.27. The van der Waals surface area contributed by atoms with Crippen molar-refractivity contribution in [3.05, 3.63) is 61.5 Å². The number of amides is 1. The summed E-state index contributed by atoms with van der Waals surface area (Å²) in [6, 6.07) is 0. The first-order valence-corrected chi connectivity index (χ1v) is 8.93. The Bertz CT molecular complexity index is 491. The zero-order chi connectivity index (χ0) is 19.1. The number of carbonyl (C=O) groups is 1. The number of allylic oxidation sites excluding steroid dienone is 6. The molecule has 0 aromatic carbocycles. The lowest BCUT2D eigenvalue weighted by molar-refractivity contribution is -0.118. The van der Waals surface area contributed by atoms with Crippen LogP contribution in [0, 0.1) is 11.8 Å². The second-order valence-corrected chi connectivity index (χ2v) is 6.50. The molecule has 0 saturated heterocycles. The number of hydrogen-bond acceptors (Lipinski definition) is 3. The van der Waals surface area contributed by atoms with Crippen molar-refractivity contribution < 1.29 is 4.79 Å². The molecule has 0 heterocycles. The summed E-state index contributed by atoms with van der Waals surface area (Å²) in [4.78, 5) is 10.8. The van der Waals surface area contributed by atoms with Crippen LogP contribution in [0.2, 0.25) is 0 Å². The van der Waals surface area contributed by atoms with Gasteiger partial charge in [0.2, 0.25) is 5.91 Å². The summed E-state index contributed by atoms with van der Waals surface area (Å²) in [5.74, 6) is 0.441. The summed E-state index contributed by atoms with van der Waals surface area (Å²) >= 11 is 0. The van der Waals surface area contributed by atoms with Gasteiger partial charge in [0.15, 0.2) is 0 Å². The molecule has 140 valence electrons. The van der Waals surface area contributed by atoms with Crippen molar-refractivity contribution in [3.8, 4) is 0 Å². The van der Waals surface area contributed by atoms with Crippen LogP contribution in [0.1, 0.15) is 39.5 Å². The predicted molar refractivity (Wildman–Crippen MR) is 109 cm³/mol. The minimum absolute atomic E-state index is 0.246. The van der Waals surface area contributed by atoms with E-state index >= 15 is 0 Å². The Kier molecular flexibility index (Phi) is 12.9. The number of rotatable bonds is 15. The third-order valence-corrected chi connectivity index (χ3v) is 3.95. The first-order valence-electron chi connectivity index (χ1n) is 8.93. The van der Waals surface area contributed by atoms with Crippen molar-refractivity contribution in [2.45, 2.75) is 39.5 Å². The van der Waals surface area contributed by atoms with Crippen LogP contribution in [0.4, 0.5) is 0 Å². The topological polar surface area (TPSA) is 67.2 Å². The van der Waals surface area contributed by atoms with Gasteiger partial charge in [-0.1, -0.05) is 64.0 Å². The molecule has 2 atom stereocenters. The van der Waals surface area contributed by atoms with E-state index in [9.17, 15) is 4.79 Å². The van der Waals surface area contributed by atoms with Crippen LogP contribution < -0.4 is 16.4 Å². The molecule has 0 rings (SSSR count). The molecule has 0 saturated carbocycles. The maximum Gasteiger partial charge on any atom is 0.217 e. The highest BCUT2D eigenvalue weighted by Crippen LogP contribution is 2.13. The Morgan fingerprint density at radius 3 is 2.48 bits per heavy atom. The number of nitrogens with two attached hydrogens (primary N) is 1. The van der Waals surface area contributed by atoms with E-state index < -0.39 is 0 Å². The third kappa shape index (κ3) is 13.9. The lowest BCUT2D eigenvalue weighted by atomic mass is 10.0. The van der Waals surface area contributed by atoms with Gasteiger partial charge in [0.1, 0.15) is 0 Å². The molecule has 4 heteroatoms. The van der Waals surface area contributed by atoms with Crippen molar-refractivity contribution in [2.75, 3.05) is 13.1 Å². The standard InChI is InChI=1S/C21H35N3O/c1-6-7-8-9-10-11-12-18(3)20(5)24-16-19(4)23-14-13-17(2)15-21(22)25/h6-10,17-18,23-24H,1,4-5,11-16H2,2-3H3,(H2,22,25)/b8-7-,10-9-. The average molecular weight is 346 g/mol. The molecule has 25 heavy (non-hydrogen) atoms. The van der Waals surface area contributed by atoms with Gasteiger partial charge in [0.05, 0.1) is 6.54 Å². The van der Waals surface area contributed by atoms with E-state index in [2.05, 4.69) is 43.4 Å². The summed E-state index contributed by atoms with van der Waals surface area (Å²) in [6.07, 6.45) is 13.2. The van der Waals surface area contributed by atoms with Gasteiger partial charge >= 0.3 is 0 Å². The van der Waals surface area contributed by atoms with Crippen molar-refractivity contribution in [1.82, 2.24) is 10.6 Å². The monoisotopic (exact) mass is 345 g/mol. The van der Waals surface area contributed by atoms with Gasteiger partial charge in [-0.3, -0.25) is 4.79 Å². The van der Waals surface area contributed by atoms with Crippen LogP contribution >= 0.6 is 0 Å². The van der Waals surface area contributed by atoms with E-state index in [0.29, 0.717) is 18.9 Å². The summed E-state index contributed by atoms with van der Waals surface area (Å²) in [6.45, 7) is 17.4. The number of primary amides is 1. The van der Waals surface area contributed by atoms with Gasteiger partial charge in [0, 0.05) is 24.4 Å². The number of carbonyl (C=O) groups excluding carboxylic acids is 1. The first-order chi connectivity index (χ1) is 11.9. The van der Waals surface area contributed by atoms with E-state index in [-0.39, 0.29) is 11.8 Å². The van der Waals surface area contributed by atoms with Gasteiger partial charge in [0.25, 0.3) is 0 Å². The number of hydrogen-bond donors (Lipinski definition) is 3. The van der Waals surface area contributed by atoms with Gasteiger partial charge in [-0.25, -0.2) is 0 Å². The van der Waals surface area contributed by atoms with Crippen molar-refractivity contribution in [1.29, 1.82) is 0 Å². The van der Waals surface area contributed by atoms with Crippen molar-refractivity contribution in [2.24, 2.45) is 17.6 Å². The highest BCUT2D eigenvalue weighted by atomic mass is 16.1. The Morgan fingerprint density at radius 1 is 1.12 bits per heavy atom. The molecule has 0 fully saturated rings. The van der Waals surface area contributed by atoms with Crippen LogP contribution in [-0.4, -0.2) is 19.0 Å². The van der Waals surface area contributed by atoms with E-state index in [0.717, 1.165) is 37.2 Å². The summed E-state index contributed by atoms with van der Waals surface area (Å²) in [7, 11) is 0. The molecule has 4 nitrogen and oxygen atoms in total. The zero-order valence-corrected chi connectivity index (χ0v) is 15.9. The molecule has 0 aromatic rings. The Balaban J connectivity index is 3.86. The molecule has 2 unspecified atom stereocenters. The molecule has 1 amide bonds. The molecular formula is C21H35N3O. The largest absolute Gasteiger partial charge is 0.387 e. The van der Waals surface area contributed by atoms with Gasteiger partial charge < -0.3 is 16.4 Å². The summed E-state index contributed by atoms with van der Waals surface area (Å²) in [5.41, 5.74) is 7.14. The molecule has 4 N–H and O–H groups in total. The van der Waals surface area contributed by atoms with Gasteiger partial charge in [-0.05, 0) is 31.1 Å². The normalized spacial score (nSPS) is 13.5. The molecule has 0 radical (unpaired) electrons. The maximum atomic E-state index is 10.8. The molecule has 0 aromatic heterocycles. The van der Waals surface area contributed by atoms with Crippen LogP contribution in [0.5, 0.6) is 0 Å². The minimum atomic E-state index is -0.246. The quantitative estimate of drug-likeness (QED) is 0.395. The number of nitrogens with one attached hydrogen (secondary N) is 2. The highest BCUT2D eigenvalue weighted by Gasteiger charge is 2.07. The third-order valence-electron chi connectivity index (χ3n) is 3.95. The maximum absolute atomic E-state index is 10.8. The van der Waals surface area contributed by atoms with Crippen LogP contribution in [0.15, 0.2) is 61.5 Å². The fourth-order valence-electron chi connectivity index (χ4n) is 2.24. The van der Waals surface area contributed by atoms with Crippen molar-refractivity contribution >= 4 is 5.91 Å². The smallest absolute Gasteiger partial charge is 0.217 e. The summed E-state index contributed by atoms with van der Waals surface area (Å²) in [5, 5.41) is 6.61. The van der Waals surface area contributed by atoms with Gasteiger partial charge in [-0.2, -0.15) is 0 Å². The lowest BCUT2D eigenvalue weighted by Gasteiger charge is -2.18.